The van der Waals surface area contributed by atoms with Gasteiger partial charge < -0.3 is 5.32 Å². The van der Waals surface area contributed by atoms with Gasteiger partial charge in [0.25, 0.3) is 0 Å². The molecular weight excluding hydrogens is 223 g/mol. The first-order valence-electron chi connectivity index (χ1n) is 3.73. The first-order chi connectivity index (χ1) is 6.69. The van der Waals surface area contributed by atoms with Gasteiger partial charge in [-0.25, -0.2) is 0 Å². The third-order valence-electron chi connectivity index (χ3n) is 1.52. The summed E-state index contributed by atoms with van der Waals surface area (Å²) < 4.78 is 0. The third-order valence-corrected chi connectivity index (χ3v) is 2.08. The molecule has 0 fully saturated rings. The van der Waals surface area contributed by atoms with Crippen LogP contribution >= 0.6 is 23.2 Å². The van der Waals surface area contributed by atoms with E-state index in [9.17, 15) is 4.79 Å². The van der Waals surface area contributed by atoms with E-state index < -0.39 is 0 Å². The van der Waals surface area contributed by atoms with Gasteiger partial charge in [0.05, 0.1) is 16.3 Å². The molecule has 1 rings (SSSR count). The highest BCUT2D eigenvalue weighted by Gasteiger charge is 2.08. The second-order valence-electron chi connectivity index (χ2n) is 2.46. The molecule has 0 saturated heterocycles. The van der Waals surface area contributed by atoms with E-state index in [-0.39, 0.29) is 17.4 Å². The fourth-order valence-corrected chi connectivity index (χ4v) is 1.21. The number of carbonyl (C=O) groups is 1. The monoisotopic (exact) mass is 228 g/mol. The van der Waals surface area contributed by atoms with E-state index in [4.69, 9.17) is 28.5 Å². The van der Waals surface area contributed by atoms with Crippen LogP contribution in [0.15, 0.2) is 18.2 Å². The van der Waals surface area contributed by atoms with Crippen molar-refractivity contribution in [2.75, 3.05) is 11.2 Å². The van der Waals surface area contributed by atoms with Crippen LogP contribution in [0.3, 0.4) is 0 Å². The van der Waals surface area contributed by atoms with Crippen molar-refractivity contribution in [3.63, 3.8) is 0 Å². The Bertz CT molecular complexity index is 398. The number of nitriles is 1. The lowest BCUT2D eigenvalue weighted by molar-refractivity contribution is -0.113. The minimum Gasteiger partial charge on any atom is -0.324 e. The summed E-state index contributed by atoms with van der Waals surface area (Å²) >= 11 is 11.1. The van der Waals surface area contributed by atoms with Crippen LogP contribution in [0.25, 0.3) is 0 Å². The van der Waals surface area contributed by atoms with Gasteiger partial charge in [-0.05, 0) is 12.1 Å². The van der Waals surface area contributed by atoms with Gasteiger partial charge in [0.1, 0.15) is 11.9 Å². The molecule has 0 spiro atoms. The maximum atomic E-state index is 11.0. The van der Waals surface area contributed by atoms with Gasteiger partial charge in [-0.3, -0.25) is 4.79 Å². The molecule has 1 aromatic carbocycles. The lowest BCUT2D eigenvalue weighted by atomic mass is 10.2. The predicted octanol–water partition coefficient (Wildman–Crippen LogP) is 2.39. The zero-order valence-corrected chi connectivity index (χ0v) is 8.56. The Labute approximate surface area is 91.2 Å². The number of rotatable bonds is 2. The number of amides is 1. The molecule has 0 saturated carbocycles. The number of nitrogens with one attached hydrogen (secondary N) is 1. The number of halogens is 2. The maximum absolute atomic E-state index is 11.0. The SMILES string of the molecule is N#Cc1c(Cl)cccc1NC(=O)CCl. The molecule has 1 N–H and O–H groups in total. The van der Waals surface area contributed by atoms with Crippen molar-refractivity contribution in [3.8, 4) is 6.07 Å². The van der Waals surface area contributed by atoms with Crippen molar-refractivity contribution in [3.05, 3.63) is 28.8 Å². The number of hydrogen-bond donors (Lipinski definition) is 1. The van der Waals surface area contributed by atoms with Gasteiger partial charge in [-0.2, -0.15) is 5.26 Å². The highest BCUT2D eigenvalue weighted by molar-refractivity contribution is 6.32. The lowest BCUT2D eigenvalue weighted by Gasteiger charge is -2.05. The minimum atomic E-state index is -0.370. The maximum Gasteiger partial charge on any atom is 0.239 e. The second kappa shape index (κ2) is 4.85. The van der Waals surface area contributed by atoms with Crippen LogP contribution in [0.4, 0.5) is 5.69 Å². The Morgan fingerprint density at radius 1 is 1.57 bits per heavy atom. The Balaban J connectivity index is 3.04. The Morgan fingerprint density at radius 2 is 2.29 bits per heavy atom. The van der Waals surface area contributed by atoms with Crippen LogP contribution in [0.1, 0.15) is 5.56 Å². The average molecular weight is 229 g/mol. The molecule has 1 aromatic rings. The van der Waals surface area contributed by atoms with Crippen molar-refractivity contribution in [2.45, 2.75) is 0 Å². The molecule has 1 amide bonds. The molecule has 0 aliphatic rings. The van der Waals surface area contributed by atoms with E-state index in [1.807, 2.05) is 6.07 Å². The number of hydrogen-bond acceptors (Lipinski definition) is 2. The summed E-state index contributed by atoms with van der Waals surface area (Å²) in [5.74, 6) is -0.525. The zero-order chi connectivity index (χ0) is 10.6. The normalized spacial score (nSPS) is 9.21. The van der Waals surface area contributed by atoms with Crippen LogP contribution < -0.4 is 5.32 Å². The summed E-state index contributed by atoms with van der Waals surface area (Å²) in [7, 11) is 0. The van der Waals surface area contributed by atoms with E-state index in [2.05, 4.69) is 5.32 Å². The molecule has 3 nitrogen and oxygen atoms in total. The molecule has 0 aliphatic carbocycles. The highest BCUT2D eigenvalue weighted by atomic mass is 35.5. The second-order valence-corrected chi connectivity index (χ2v) is 3.13. The molecule has 0 unspecified atom stereocenters. The van der Waals surface area contributed by atoms with E-state index >= 15 is 0 Å². The summed E-state index contributed by atoms with van der Waals surface area (Å²) in [6.07, 6.45) is 0. The molecule has 0 bridgehead atoms. The predicted molar refractivity (Wildman–Crippen MR) is 55.5 cm³/mol. The molecular formula is C9H6Cl2N2O. The van der Waals surface area contributed by atoms with Gasteiger partial charge in [0, 0.05) is 0 Å². The summed E-state index contributed by atoms with van der Waals surface area (Å²) in [5.41, 5.74) is 0.623. The first-order valence-corrected chi connectivity index (χ1v) is 4.64. The van der Waals surface area contributed by atoms with E-state index in [0.717, 1.165) is 0 Å². The summed E-state index contributed by atoms with van der Waals surface area (Å²) in [6.45, 7) is 0. The zero-order valence-electron chi connectivity index (χ0n) is 7.05. The smallest absolute Gasteiger partial charge is 0.239 e. The van der Waals surface area contributed by atoms with Crippen molar-refractivity contribution in [2.24, 2.45) is 0 Å². The van der Waals surface area contributed by atoms with E-state index in [0.29, 0.717) is 10.7 Å². The third kappa shape index (κ3) is 2.38. The number of carbonyl (C=O) groups excluding carboxylic acids is 1. The van der Waals surface area contributed by atoms with Crippen LogP contribution in [0.2, 0.25) is 5.02 Å². The van der Waals surface area contributed by atoms with Crippen LogP contribution in [-0.4, -0.2) is 11.8 Å². The molecule has 5 heteroatoms. The molecule has 0 atom stereocenters. The fourth-order valence-electron chi connectivity index (χ4n) is 0.926. The molecule has 0 aliphatic heterocycles. The van der Waals surface area contributed by atoms with Crippen molar-refractivity contribution in [1.82, 2.24) is 0 Å². The summed E-state index contributed by atoms with van der Waals surface area (Å²) in [5, 5.41) is 11.5. The van der Waals surface area contributed by atoms with Crippen molar-refractivity contribution >= 4 is 34.8 Å². The minimum absolute atomic E-state index is 0.155. The highest BCUT2D eigenvalue weighted by Crippen LogP contribution is 2.23. The van der Waals surface area contributed by atoms with E-state index in [1.165, 1.54) is 0 Å². The van der Waals surface area contributed by atoms with Crippen LogP contribution in [0.5, 0.6) is 0 Å². The van der Waals surface area contributed by atoms with E-state index in [1.54, 1.807) is 18.2 Å². The number of nitrogens with zero attached hydrogens (tertiary/aromatic N) is 1. The number of anilines is 1. The molecule has 0 heterocycles. The van der Waals surface area contributed by atoms with Crippen LogP contribution in [-0.2, 0) is 4.79 Å². The summed E-state index contributed by atoms with van der Waals surface area (Å²) in [4.78, 5) is 11.0. The number of alkyl halides is 1. The standard InChI is InChI=1S/C9H6Cl2N2O/c10-4-9(14)13-8-3-1-2-7(11)6(8)5-12/h1-3H,4H2,(H,13,14). The van der Waals surface area contributed by atoms with Crippen molar-refractivity contribution < 1.29 is 4.79 Å². The Kier molecular flexibility index (Phi) is 3.75. The quantitative estimate of drug-likeness (QED) is 0.791. The Morgan fingerprint density at radius 3 is 2.86 bits per heavy atom. The number of benzene rings is 1. The van der Waals surface area contributed by atoms with Gasteiger partial charge in [0.15, 0.2) is 0 Å². The van der Waals surface area contributed by atoms with Gasteiger partial charge >= 0.3 is 0 Å². The average Bonchev–Trinajstić information content (AvgIpc) is 2.18. The van der Waals surface area contributed by atoms with Gasteiger partial charge in [-0.1, -0.05) is 17.7 Å². The first kappa shape index (κ1) is 10.8. The molecule has 14 heavy (non-hydrogen) atoms. The fraction of sp³-hybridized carbons (Fsp3) is 0.111. The molecule has 0 aromatic heterocycles. The lowest BCUT2D eigenvalue weighted by Crippen LogP contribution is -2.13. The molecule has 72 valence electrons. The van der Waals surface area contributed by atoms with Crippen molar-refractivity contribution in [1.29, 1.82) is 5.26 Å². The topological polar surface area (TPSA) is 52.9 Å². The van der Waals surface area contributed by atoms with Gasteiger partial charge in [-0.15, -0.1) is 11.6 Å². The summed E-state index contributed by atoms with van der Waals surface area (Å²) in [6, 6.07) is 6.72. The largest absolute Gasteiger partial charge is 0.324 e. The van der Waals surface area contributed by atoms with Gasteiger partial charge in [0.2, 0.25) is 5.91 Å². The van der Waals surface area contributed by atoms with Crippen LogP contribution in [0, 0.1) is 11.3 Å². The molecule has 0 radical (unpaired) electrons. The Hall–Kier alpha value is -1.24.